The minimum absolute atomic E-state index is 0. The van der Waals surface area contributed by atoms with Crippen molar-refractivity contribution >= 4 is 29.9 Å². The molecular formula is C16H34IN5. The molecule has 2 aliphatic rings. The van der Waals surface area contributed by atoms with Crippen LogP contribution < -0.4 is 5.73 Å². The van der Waals surface area contributed by atoms with Crippen LogP contribution in [-0.4, -0.2) is 79.6 Å². The highest BCUT2D eigenvalue weighted by Crippen LogP contribution is 2.09. The molecule has 0 radical (unpaired) electrons. The van der Waals surface area contributed by atoms with Crippen molar-refractivity contribution in [3.05, 3.63) is 0 Å². The highest BCUT2D eigenvalue weighted by molar-refractivity contribution is 14.0. The van der Waals surface area contributed by atoms with E-state index < -0.39 is 0 Å². The van der Waals surface area contributed by atoms with Gasteiger partial charge in [-0.2, -0.15) is 0 Å². The smallest absolute Gasteiger partial charge is 0.191 e. The molecule has 2 aliphatic heterocycles. The third-order valence-corrected chi connectivity index (χ3v) is 4.73. The third kappa shape index (κ3) is 6.58. The minimum atomic E-state index is 0. The molecule has 0 aromatic heterocycles. The van der Waals surface area contributed by atoms with Gasteiger partial charge < -0.3 is 20.4 Å². The molecule has 2 saturated heterocycles. The largest absolute Gasteiger partial charge is 0.370 e. The predicted octanol–water partition coefficient (Wildman–Crippen LogP) is 1.68. The van der Waals surface area contributed by atoms with E-state index in [1.807, 2.05) is 0 Å². The summed E-state index contributed by atoms with van der Waals surface area (Å²) < 4.78 is 0. The number of nitrogens with two attached hydrogens (primary N) is 1. The number of rotatable bonds is 5. The van der Waals surface area contributed by atoms with E-state index in [0.717, 1.165) is 32.1 Å². The van der Waals surface area contributed by atoms with Gasteiger partial charge in [-0.25, -0.2) is 0 Å². The summed E-state index contributed by atoms with van der Waals surface area (Å²) in [4.78, 5) is 12.0. The summed E-state index contributed by atoms with van der Waals surface area (Å²) in [5, 5.41) is 0. The molecule has 22 heavy (non-hydrogen) atoms. The van der Waals surface area contributed by atoms with Crippen molar-refractivity contribution in [2.45, 2.75) is 33.1 Å². The molecular weight excluding hydrogens is 389 g/mol. The molecule has 0 saturated carbocycles. The second-order valence-electron chi connectivity index (χ2n) is 6.59. The maximum Gasteiger partial charge on any atom is 0.191 e. The molecule has 1 unspecified atom stereocenters. The number of likely N-dealkylation sites (N-methyl/N-ethyl adjacent to an activating group) is 1. The second-order valence-corrected chi connectivity index (χ2v) is 6.59. The summed E-state index contributed by atoms with van der Waals surface area (Å²) >= 11 is 0. The molecule has 2 rings (SSSR count). The van der Waals surface area contributed by atoms with Crippen molar-refractivity contribution in [3.8, 4) is 0 Å². The highest BCUT2D eigenvalue weighted by Gasteiger charge is 2.17. The summed E-state index contributed by atoms with van der Waals surface area (Å²) in [5.41, 5.74) is 6.12. The maximum atomic E-state index is 6.12. The van der Waals surface area contributed by atoms with E-state index in [1.165, 1.54) is 52.0 Å². The maximum absolute atomic E-state index is 6.12. The molecule has 1 atom stereocenters. The zero-order chi connectivity index (χ0) is 15.1. The van der Waals surface area contributed by atoms with Crippen LogP contribution in [-0.2, 0) is 0 Å². The fourth-order valence-electron chi connectivity index (χ4n) is 3.26. The van der Waals surface area contributed by atoms with E-state index in [9.17, 15) is 0 Å². The van der Waals surface area contributed by atoms with Gasteiger partial charge in [0.2, 0.25) is 0 Å². The first-order chi connectivity index (χ1) is 10.2. The van der Waals surface area contributed by atoms with Gasteiger partial charge in [0, 0.05) is 52.4 Å². The van der Waals surface area contributed by atoms with Gasteiger partial charge in [-0.15, -0.1) is 24.0 Å². The molecule has 0 spiro atoms. The van der Waals surface area contributed by atoms with Crippen LogP contribution in [0.3, 0.4) is 0 Å². The molecule has 2 heterocycles. The quantitative estimate of drug-likeness (QED) is 0.415. The Morgan fingerprint density at radius 3 is 2.18 bits per heavy atom. The molecule has 0 bridgehead atoms. The number of piperazine rings is 1. The average Bonchev–Trinajstić information content (AvgIpc) is 2.54. The summed E-state index contributed by atoms with van der Waals surface area (Å²) in [6, 6.07) is 0. The van der Waals surface area contributed by atoms with E-state index in [4.69, 9.17) is 5.73 Å². The van der Waals surface area contributed by atoms with Crippen molar-refractivity contribution < 1.29 is 0 Å². The fourth-order valence-corrected chi connectivity index (χ4v) is 3.26. The van der Waals surface area contributed by atoms with Crippen LogP contribution in [0.4, 0.5) is 0 Å². The monoisotopic (exact) mass is 423 g/mol. The number of hydrogen-bond acceptors (Lipinski definition) is 3. The molecule has 2 N–H and O–H groups in total. The summed E-state index contributed by atoms with van der Waals surface area (Å²) in [7, 11) is 0. The Hall–Kier alpha value is -0.0800. The number of piperidine rings is 1. The molecule has 5 nitrogen and oxygen atoms in total. The zero-order valence-corrected chi connectivity index (χ0v) is 16.7. The minimum Gasteiger partial charge on any atom is -0.370 e. The summed E-state index contributed by atoms with van der Waals surface area (Å²) in [6.45, 7) is 14.7. The Morgan fingerprint density at radius 1 is 1.00 bits per heavy atom. The first-order valence-electron chi connectivity index (χ1n) is 8.68. The lowest BCUT2D eigenvalue weighted by molar-refractivity contribution is 0.125. The van der Waals surface area contributed by atoms with Crippen molar-refractivity contribution in [2.75, 3.05) is 58.9 Å². The van der Waals surface area contributed by atoms with Gasteiger partial charge in [-0.3, -0.25) is 4.99 Å². The van der Waals surface area contributed by atoms with Crippen LogP contribution in [0.15, 0.2) is 4.99 Å². The van der Waals surface area contributed by atoms with E-state index >= 15 is 0 Å². The molecule has 0 aromatic carbocycles. The lowest BCUT2D eigenvalue weighted by atomic mass is 10.1. The molecule has 0 aliphatic carbocycles. The molecule has 130 valence electrons. The van der Waals surface area contributed by atoms with Crippen LogP contribution >= 0.6 is 24.0 Å². The standard InChI is InChI=1S/C16H33N5.HI/c1-3-19-9-11-20(12-10-19)14-15(2)13-18-16(17)21-7-5-4-6-8-21;/h15H,3-14H2,1-2H3,(H2,17,18);1H. The van der Waals surface area contributed by atoms with Gasteiger partial charge in [0.25, 0.3) is 0 Å². The van der Waals surface area contributed by atoms with E-state index in [1.54, 1.807) is 0 Å². The lowest BCUT2D eigenvalue weighted by Gasteiger charge is -2.35. The number of halogens is 1. The van der Waals surface area contributed by atoms with Crippen LogP contribution in [0.1, 0.15) is 33.1 Å². The van der Waals surface area contributed by atoms with Gasteiger partial charge in [0.1, 0.15) is 0 Å². The van der Waals surface area contributed by atoms with E-state index in [2.05, 4.69) is 33.5 Å². The van der Waals surface area contributed by atoms with Gasteiger partial charge >= 0.3 is 0 Å². The zero-order valence-electron chi connectivity index (χ0n) is 14.3. The Balaban J connectivity index is 0.00000242. The average molecular weight is 423 g/mol. The number of likely N-dealkylation sites (tertiary alicyclic amines) is 1. The van der Waals surface area contributed by atoms with Gasteiger partial charge in [-0.1, -0.05) is 13.8 Å². The normalized spacial score (nSPS) is 23.2. The van der Waals surface area contributed by atoms with Crippen molar-refractivity contribution in [1.82, 2.24) is 14.7 Å². The molecule has 0 amide bonds. The second kappa shape index (κ2) is 10.6. The number of nitrogens with zero attached hydrogens (tertiary/aromatic N) is 4. The van der Waals surface area contributed by atoms with Crippen LogP contribution in [0.2, 0.25) is 0 Å². The first kappa shape index (κ1) is 20.0. The first-order valence-corrected chi connectivity index (χ1v) is 8.68. The summed E-state index contributed by atoms with van der Waals surface area (Å²) in [6.07, 6.45) is 3.85. The number of hydrogen-bond donors (Lipinski definition) is 1. The molecule has 6 heteroatoms. The Bertz CT molecular complexity index is 322. The van der Waals surface area contributed by atoms with E-state index in [-0.39, 0.29) is 24.0 Å². The lowest BCUT2D eigenvalue weighted by Crippen LogP contribution is -2.47. The van der Waals surface area contributed by atoms with E-state index in [0.29, 0.717) is 5.92 Å². The van der Waals surface area contributed by atoms with Gasteiger partial charge in [0.15, 0.2) is 5.96 Å². The molecule has 2 fully saturated rings. The van der Waals surface area contributed by atoms with Crippen molar-refractivity contribution in [3.63, 3.8) is 0 Å². The Kier molecular flexibility index (Phi) is 9.66. The van der Waals surface area contributed by atoms with Crippen LogP contribution in [0.5, 0.6) is 0 Å². The Labute approximate surface area is 153 Å². The molecule has 0 aromatic rings. The predicted molar refractivity (Wildman–Crippen MR) is 105 cm³/mol. The SMILES string of the molecule is CCN1CCN(CC(C)CN=C(N)N2CCCCC2)CC1.I. The summed E-state index contributed by atoms with van der Waals surface area (Å²) in [5.74, 6) is 1.35. The topological polar surface area (TPSA) is 48.1 Å². The van der Waals surface area contributed by atoms with Gasteiger partial charge in [-0.05, 0) is 31.7 Å². The number of guanidine groups is 1. The van der Waals surface area contributed by atoms with Crippen LogP contribution in [0, 0.1) is 5.92 Å². The number of aliphatic imine (C=N–C) groups is 1. The van der Waals surface area contributed by atoms with Crippen LogP contribution in [0.25, 0.3) is 0 Å². The Morgan fingerprint density at radius 2 is 1.59 bits per heavy atom. The fraction of sp³-hybridized carbons (Fsp3) is 0.938. The third-order valence-electron chi connectivity index (χ3n) is 4.73. The highest BCUT2D eigenvalue weighted by atomic mass is 127. The van der Waals surface area contributed by atoms with Gasteiger partial charge in [0.05, 0.1) is 0 Å². The van der Waals surface area contributed by atoms with Crippen molar-refractivity contribution in [1.29, 1.82) is 0 Å². The van der Waals surface area contributed by atoms with Crippen molar-refractivity contribution in [2.24, 2.45) is 16.6 Å².